The van der Waals surface area contributed by atoms with Gasteiger partial charge in [-0.3, -0.25) is 0 Å². The number of ether oxygens (including phenoxy) is 2. The predicted molar refractivity (Wildman–Crippen MR) is 146 cm³/mol. The normalized spacial score (nSPS) is 21.4. The van der Waals surface area contributed by atoms with Crippen LogP contribution in [0.3, 0.4) is 0 Å². The van der Waals surface area contributed by atoms with E-state index in [1.807, 2.05) is 64.1 Å². The number of hydrogen-bond acceptors (Lipinski definition) is 4. The average molecular weight is 479 g/mol. The summed E-state index contributed by atoms with van der Waals surface area (Å²) in [6.45, 7) is 12.2. The fraction of sp³-hybridized carbons (Fsp3) is 0.548. The van der Waals surface area contributed by atoms with Gasteiger partial charge in [0.25, 0.3) is 12.5 Å². The van der Waals surface area contributed by atoms with Crippen molar-refractivity contribution in [2.75, 3.05) is 0 Å². The molecule has 3 saturated carbocycles. The Hall–Kier alpha value is -2.98. The molecule has 3 aliphatic rings. The van der Waals surface area contributed by atoms with Crippen molar-refractivity contribution in [2.24, 2.45) is 23.7 Å². The van der Waals surface area contributed by atoms with Crippen LogP contribution in [0.15, 0.2) is 60.7 Å². The summed E-state index contributed by atoms with van der Waals surface area (Å²) in [5.41, 5.74) is 0. The van der Waals surface area contributed by atoms with E-state index in [1.54, 1.807) is 75.3 Å². The minimum absolute atomic E-state index is 0.583. The summed E-state index contributed by atoms with van der Waals surface area (Å²) in [5, 5.41) is 16.1. The molecule has 5 rings (SSSR count). The van der Waals surface area contributed by atoms with Crippen molar-refractivity contribution in [1.82, 2.24) is 0 Å². The summed E-state index contributed by atoms with van der Waals surface area (Å²) in [6, 6.07) is 17.9. The van der Waals surface area contributed by atoms with Gasteiger partial charge in [-0.2, -0.15) is 0 Å². The Morgan fingerprint density at radius 1 is 0.657 bits per heavy atom. The van der Waals surface area contributed by atoms with E-state index in [1.165, 1.54) is 30.1 Å². The van der Waals surface area contributed by atoms with Crippen LogP contribution in [-0.4, -0.2) is 0 Å². The SMILES string of the molecule is C1CC2C3CCC(C3)C2C1.CC.CC.CCC.N#COc1ccccc1.N#COc1ccccc1. The van der Waals surface area contributed by atoms with Crippen LogP contribution < -0.4 is 9.47 Å². The van der Waals surface area contributed by atoms with E-state index in [2.05, 4.69) is 23.3 Å². The standard InChI is InChI=1S/C10H16.2C7H5NO.C3H8.2C2H6/c1-2-9-7-4-5-8(6-7)10(9)3-1;2*8-6-9-7-4-2-1-3-5-7;1-3-2;2*1-2/h7-10H,1-6H2;2*1-5H;3H2,1-2H3;2*1-2H3. The number of rotatable bonds is 2. The summed E-state index contributed by atoms with van der Waals surface area (Å²) in [4.78, 5) is 0. The summed E-state index contributed by atoms with van der Waals surface area (Å²) < 4.78 is 9.02. The largest absolute Gasteiger partial charge is 0.388 e. The molecule has 35 heavy (non-hydrogen) atoms. The zero-order valence-corrected chi connectivity index (χ0v) is 22.7. The first-order valence-corrected chi connectivity index (χ1v) is 13.4. The maximum absolute atomic E-state index is 8.05. The van der Waals surface area contributed by atoms with Crippen LogP contribution in [0.25, 0.3) is 0 Å². The van der Waals surface area contributed by atoms with Crippen LogP contribution in [0.5, 0.6) is 11.5 Å². The second kappa shape index (κ2) is 21.5. The minimum atomic E-state index is 0.583. The molecule has 2 bridgehead atoms. The fourth-order valence-corrected chi connectivity index (χ4v) is 5.10. The number of nitriles is 2. The lowest BCUT2D eigenvalue weighted by molar-refractivity contribution is 0.259. The highest BCUT2D eigenvalue weighted by Gasteiger charge is 2.48. The van der Waals surface area contributed by atoms with Crippen molar-refractivity contribution in [1.29, 1.82) is 10.5 Å². The molecule has 4 atom stereocenters. The number of para-hydroxylation sites is 2. The van der Waals surface area contributed by atoms with Crippen LogP contribution in [0, 0.1) is 46.7 Å². The Bertz CT molecular complexity index is 744. The van der Waals surface area contributed by atoms with Crippen molar-refractivity contribution >= 4 is 0 Å². The molecule has 0 heterocycles. The van der Waals surface area contributed by atoms with Crippen LogP contribution in [0.2, 0.25) is 0 Å². The highest BCUT2D eigenvalue weighted by molar-refractivity contribution is 5.22. The number of fused-ring (bicyclic) bond motifs is 5. The molecule has 192 valence electrons. The second-order valence-electron chi connectivity index (χ2n) is 8.31. The van der Waals surface area contributed by atoms with Gasteiger partial charge in [-0.25, -0.2) is 0 Å². The number of benzene rings is 2. The molecule has 0 aromatic heterocycles. The van der Waals surface area contributed by atoms with Crippen LogP contribution >= 0.6 is 0 Å². The topological polar surface area (TPSA) is 66.0 Å². The molecule has 4 heteroatoms. The summed E-state index contributed by atoms with van der Waals surface area (Å²) in [6.07, 6.45) is 14.0. The molecule has 2 aromatic carbocycles. The summed E-state index contributed by atoms with van der Waals surface area (Å²) >= 11 is 0. The van der Waals surface area contributed by atoms with Gasteiger partial charge in [0.15, 0.2) is 0 Å². The van der Waals surface area contributed by atoms with Crippen molar-refractivity contribution in [3.63, 3.8) is 0 Å². The van der Waals surface area contributed by atoms with Crippen LogP contribution in [0.1, 0.15) is 86.5 Å². The molecule has 4 unspecified atom stereocenters. The Morgan fingerprint density at radius 3 is 1.31 bits per heavy atom. The molecule has 4 nitrogen and oxygen atoms in total. The van der Waals surface area contributed by atoms with E-state index >= 15 is 0 Å². The average Bonchev–Trinajstić information content (AvgIpc) is 3.66. The number of hydrogen-bond donors (Lipinski definition) is 0. The third kappa shape index (κ3) is 12.3. The van der Waals surface area contributed by atoms with E-state index in [0.29, 0.717) is 11.5 Å². The van der Waals surface area contributed by atoms with Crippen molar-refractivity contribution in [3.8, 4) is 24.0 Å². The van der Waals surface area contributed by atoms with Gasteiger partial charge >= 0.3 is 0 Å². The zero-order valence-electron chi connectivity index (χ0n) is 22.7. The maximum atomic E-state index is 8.05. The smallest absolute Gasteiger partial charge is 0.292 e. The number of nitrogens with zero attached hydrogens (tertiary/aromatic N) is 2. The first-order valence-electron chi connectivity index (χ1n) is 13.4. The van der Waals surface area contributed by atoms with Gasteiger partial charge < -0.3 is 9.47 Å². The van der Waals surface area contributed by atoms with E-state index < -0.39 is 0 Å². The lowest BCUT2D eigenvalue weighted by Crippen LogP contribution is -2.15. The quantitative estimate of drug-likeness (QED) is 0.403. The van der Waals surface area contributed by atoms with Gasteiger partial charge in [0, 0.05) is 0 Å². The first kappa shape index (κ1) is 32.0. The van der Waals surface area contributed by atoms with E-state index in [4.69, 9.17) is 10.5 Å². The van der Waals surface area contributed by atoms with Crippen molar-refractivity contribution in [3.05, 3.63) is 60.7 Å². The molecular formula is C31H46N2O2. The monoisotopic (exact) mass is 478 g/mol. The van der Waals surface area contributed by atoms with Gasteiger partial charge in [-0.05, 0) is 80.0 Å². The molecular weight excluding hydrogens is 432 g/mol. The predicted octanol–water partition coefficient (Wildman–Crippen LogP) is 9.39. The second-order valence-corrected chi connectivity index (χ2v) is 8.31. The van der Waals surface area contributed by atoms with E-state index in [0.717, 1.165) is 0 Å². The van der Waals surface area contributed by atoms with Gasteiger partial charge in [0.2, 0.25) is 0 Å². The van der Waals surface area contributed by atoms with E-state index in [9.17, 15) is 0 Å². The lowest BCUT2D eigenvalue weighted by atomic mass is 9.82. The third-order valence-electron chi connectivity index (χ3n) is 6.16. The molecule has 0 spiro atoms. The van der Waals surface area contributed by atoms with Gasteiger partial charge in [-0.1, -0.05) is 90.8 Å². The molecule has 0 radical (unpaired) electrons. The third-order valence-corrected chi connectivity index (χ3v) is 6.16. The van der Waals surface area contributed by atoms with Crippen molar-refractivity contribution in [2.45, 2.75) is 86.5 Å². The Morgan fingerprint density at radius 2 is 1.00 bits per heavy atom. The molecule has 2 aromatic rings. The molecule has 0 N–H and O–H groups in total. The first-order chi connectivity index (χ1) is 17.2. The molecule has 0 amide bonds. The van der Waals surface area contributed by atoms with Gasteiger partial charge in [-0.15, -0.1) is 10.5 Å². The fourth-order valence-electron chi connectivity index (χ4n) is 5.10. The Labute approximate surface area is 214 Å². The van der Waals surface area contributed by atoms with Crippen molar-refractivity contribution < 1.29 is 9.47 Å². The van der Waals surface area contributed by atoms with E-state index in [-0.39, 0.29) is 0 Å². The lowest BCUT2D eigenvalue weighted by Gasteiger charge is -2.23. The molecule has 3 aliphatic carbocycles. The minimum Gasteiger partial charge on any atom is -0.388 e. The Kier molecular flexibility index (Phi) is 19.7. The van der Waals surface area contributed by atoms with Gasteiger partial charge in [0.05, 0.1) is 0 Å². The maximum Gasteiger partial charge on any atom is 0.292 e. The molecule has 0 saturated heterocycles. The highest BCUT2D eigenvalue weighted by Crippen LogP contribution is 2.58. The highest BCUT2D eigenvalue weighted by atomic mass is 16.5. The summed E-state index contributed by atoms with van der Waals surface area (Å²) in [7, 11) is 0. The molecule has 3 fully saturated rings. The molecule has 0 aliphatic heterocycles. The van der Waals surface area contributed by atoms with Gasteiger partial charge in [0.1, 0.15) is 11.5 Å². The summed E-state index contributed by atoms with van der Waals surface area (Å²) in [5.74, 6) is 5.97. The Balaban J connectivity index is 0.000000440. The van der Waals surface area contributed by atoms with Crippen LogP contribution in [-0.2, 0) is 0 Å². The van der Waals surface area contributed by atoms with Crippen LogP contribution in [0.4, 0.5) is 0 Å². The zero-order chi connectivity index (χ0) is 26.3.